The van der Waals surface area contributed by atoms with Crippen molar-refractivity contribution in [3.63, 3.8) is 0 Å². The zero-order valence-electron chi connectivity index (χ0n) is 12.9. The van der Waals surface area contributed by atoms with Crippen LogP contribution in [0.15, 0.2) is 43.2 Å². The highest BCUT2D eigenvalue weighted by Crippen LogP contribution is 2.19. The normalized spacial score (nSPS) is 11.1. The number of benzene rings is 1. The van der Waals surface area contributed by atoms with Gasteiger partial charge in [0.1, 0.15) is 23.5 Å². The molecule has 0 atom stereocenters. The Hall–Kier alpha value is -3.29. The molecule has 7 nitrogen and oxygen atoms in total. The predicted octanol–water partition coefficient (Wildman–Crippen LogP) is 2.60. The highest BCUT2D eigenvalue weighted by molar-refractivity contribution is 5.81. The van der Waals surface area contributed by atoms with Gasteiger partial charge in [-0.3, -0.25) is 0 Å². The van der Waals surface area contributed by atoms with E-state index in [2.05, 4.69) is 30.2 Å². The minimum Gasteiger partial charge on any atom is -0.364 e. The average molecular weight is 323 g/mol. The molecule has 4 rings (SSSR count). The molecule has 4 aromatic rings. The smallest absolute Gasteiger partial charge is 0.182 e. The van der Waals surface area contributed by atoms with Gasteiger partial charge in [-0.05, 0) is 24.6 Å². The first-order valence-electron chi connectivity index (χ1n) is 7.39. The van der Waals surface area contributed by atoms with Crippen LogP contribution in [0.1, 0.15) is 11.4 Å². The van der Waals surface area contributed by atoms with Crippen molar-refractivity contribution in [3.05, 3.63) is 60.5 Å². The number of aryl methyl sites for hydroxylation is 1. The molecule has 0 aliphatic carbocycles. The first-order valence-corrected chi connectivity index (χ1v) is 7.39. The largest absolute Gasteiger partial charge is 0.364 e. The molecule has 0 amide bonds. The second-order valence-corrected chi connectivity index (χ2v) is 5.31. The lowest BCUT2D eigenvalue weighted by Gasteiger charge is -2.10. The number of hydrogen-bond donors (Lipinski definition) is 2. The van der Waals surface area contributed by atoms with Crippen LogP contribution in [0.3, 0.4) is 0 Å². The third-order valence-corrected chi connectivity index (χ3v) is 3.78. The van der Waals surface area contributed by atoms with Gasteiger partial charge in [0.15, 0.2) is 11.5 Å². The summed E-state index contributed by atoms with van der Waals surface area (Å²) >= 11 is 0. The van der Waals surface area contributed by atoms with Gasteiger partial charge in [0.05, 0.1) is 12.0 Å². The fourth-order valence-electron chi connectivity index (χ4n) is 2.57. The molecule has 0 unspecified atom stereocenters. The SMILES string of the molecule is Cc1nccn1-c1ccc(CNc2ncnc3nc[nH]c23)cc1F. The second kappa shape index (κ2) is 5.73. The van der Waals surface area contributed by atoms with Crippen LogP contribution in [-0.2, 0) is 6.54 Å². The molecular formula is C16H14FN7. The molecule has 24 heavy (non-hydrogen) atoms. The second-order valence-electron chi connectivity index (χ2n) is 5.31. The summed E-state index contributed by atoms with van der Waals surface area (Å²) in [4.78, 5) is 19.4. The molecule has 0 aliphatic heterocycles. The summed E-state index contributed by atoms with van der Waals surface area (Å²) in [5.41, 5.74) is 2.60. The van der Waals surface area contributed by atoms with Gasteiger partial charge in [-0.15, -0.1) is 0 Å². The van der Waals surface area contributed by atoms with Gasteiger partial charge in [-0.25, -0.2) is 24.3 Å². The molecule has 0 saturated heterocycles. The maximum absolute atomic E-state index is 14.4. The van der Waals surface area contributed by atoms with Gasteiger partial charge in [0, 0.05) is 18.9 Å². The molecule has 1 aromatic carbocycles. The summed E-state index contributed by atoms with van der Waals surface area (Å²) in [5.74, 6) is 1.07. The van der Waals surface area contributed by atoms with E-state index < -0.39 is 0 Å². The summed E-state index contributed by atoms with van der Waals surface area (Å²) in [6.07, 6.45) is 6.39. The van der Waals surface area contributed by atoms with Crippen LogP contribution in [0.5, 0.6) is 0 Å². The van der Waals surface area contributed by atoms with E-state index in [1.165, 1.54) is 12.4 Å². The Bertz CT molecular complexity index is 1000. The zero-order chi connectivity index (χ0) is 16.5. The number of hydrogen-bond acceptors (Lipinski definition) is 5. The lowest BCUT2D eigenvalue weighted by molar-refractivity contribution is 0.614. The van der Waals surface area contributed by atoms with Gasteiger partial charge in [-0.1, -0.05) is 6.07 Å². The molecule has 0 radical (unpaired) electrons. The lowest BCUT2D eigenvalue weighted by Crippen LogP contribution is -2.05. The van der Waals surface area contributed by atoms with Crippen molar-refractivity contribution in [2.24, 2.45) is 0 Å². The number of aromatic amines is 1. The first kappa shape index (κ1) is 14.3. The first-order chi connectivity index (χ1) is 11.7. The summed E-state index contributed by atoms with van der Waals surface area (Å²) in [6, 6.07) is 5.12. The minimum atomic E-state index is -0.301. The van der Waals surface area contributed by atoms with Crippen molar-refractivity contribution in [1.82, 2.24) is 29.5 Å². The van der Waals surface area contributed by atoms with E-state index in [-0.39, 0.29) is 5.82 Å². The third-order valence-electron chi connectivity index (χ3n) is 3.78. The quantitative estimate of drug-likeness (QED) is 0.603. The van der Waals surface area contributed by atoms with Crippen molar-refractivity contribution in [2.75, 3.05) is 5.32 Å². The molecule has 0 aliphatic rings. The van der Waals surface area contributed by atoms with Crippen molar-refractivity contribution in [1.29, 1.82) is 0 Å². The van der Waals surface area contributed by atoms with Crippen LogP contribution >= 0.6 is 0 Å². The highest BCUT2D eigenvalue weighted by atomic mass is 19.1. The zero-order valence-corrected chi connectivity index (χ0v) is 12.9. The standard InChI is InChI=1S/C16H14FN7/c1-10-18-4-5-24(10)13-3-2-11(6-12(13)17)7-19-15-14-16(21-8-20-14)23-9-22-15/h2-6,8-9H,7H2,1H3,(H2,19,20,21,22,23). The molecule has 0 spiro atoms. The predicted molar refractivity (Wildman–Crippen MR) is 87.3 cm³/mol. The van der Waals surface area contributed by atoms with Crippen molar-refractivity contribution < 1.29 is 4.39 Å². The molecule has 8 heteroatoms. The lowest BCUT2D eigenvalue weighted by atomic mass is 10.2. The minimum absolute atomic E-state index is 0.301. The van der Waals surface area contributed by atoms with Crippen LogP contribution in [-0.4, -0.2) is 29.5 Å². The fraction of sp³-hybridized carbons (Fsp3) is 0.125. The number of nitrogens with one attached hydrogen (secondary N) is 2. The van der Waals surface area contributed by atoms with Gasteiger partial charge in [0.2, 0.25) is 0 Å². The van der Waals surface area contributed by atoms with E-state index >= 15 is 0 Å². The van der Waals surface area contributed by atoms with E-state index in [1.807, 2.05) is 13.0 Å². The van der Waals surface area contributed by atoms with E-state index in [1.54, 1.807) is 29.4 Å². The number of H-pyrrole nitrogens is 1. The number of anilines is 1. The van der Waals surface area contributed by atoms with Crippen LogP contribution in [0.4, 0.5) is 10.2 Å². The van der Waals surface area contributed by atoms with Crippen molar-refractivity contribution >= 4 is 17.0 Å². The molecule has 0 fully saturated rings. The molecule has 0 bridgehead atoms. The number of fused-ring (bicyclic) bond motifs is 1. The molecule has 3 heterocycles. The Morgan fingerprint density at radius 3 is 2.92 bits per heavy atom. The third kappa shape index (κ3) is 2.47. The van der Waals surface area contributed by atoms with Crippen LogP contribution in [0.2, 0.25) is 0 Å². The van der Waals surface area contributed by atoms with Crippen LogP contribution < -0.4 is 5.32 Å². The molecule has 120 valence electrons. The Labute approximate surface area is 136 Å². The summed E-state index contributed by atoms with van der Waals surface area (Å²) < 4.78 is 16.1. The molecular weight excluding hydrogens is 309 g/mol. The summed E-state index contributed by atoms with van der Waals surface area (Å²) in [6.45, 7) is 2.27. The van der Waals surface area contributed by atoms with Gasteiger partial charge >= 0.3 is 0 Å². The molecule has 0 saturated carbocycles. The molecule has 2 N–H and O–H groups in total. The average Bonchev–Trinajstić information content (AvgIpc) is 3.22. The maximum atomic E-state index is 14.4. The maximum Gasteiger partial charge on any atom is 0.182 e. The van der Waals surface area contributed by atoms with Crippen molar-refractivity contribution in [2.45, 2.75) is 13.5 Å². The number of rotatable bonds is 4. The van der Waals surface area contributed by atoms with Crippen molar-refractivity contribution in [3.8, 4) is 5.69 Å². The number of aromatic nitrogens is 6. The van der Waals surface area contributed by atoms with Gasteiger partial charge in [0.25, 0.3) is 0 Å². The monoisotopic (exact) mass is 323 g/mol. The van der Waals surface area contributed by atoms with E-state index in [4.69, 9.17) is 0 Å². The Balaban J connectivity index is 1.56. The number of nitrogens with zero attached hydrogens (tertiary/aromatic N) is 5. The topological polar surface area (TPSA) is 84.3 Å². The Morgan fingerprint density at radius 1 is 1.21 bits per heavy atom. The number of halogens is 1. The highest BCUT2D eigenvalue weighted by Gasteiger charge is 2.09. The van der Waals surface area contributed by atoms with E-state index in [0.717, 1.165) is 16.9 Å². The summed E-state index contributed by atoms with van der Waals surface area (Å²) in [7, 11) is 0. The molecule has 3 aromatic heterocycles. The van der Waals surface area contributed by atoms with Crippen LogP contribution in [0, 0.1) is 12.7 Å². The Morgan fingerprint density at radius 2 is 2.12 bits per heavy atom. The van der Waals surface area contributed by atoms with Crippen LogP contribution in [0.25, 0.3) is 16.9 Å². The van der Waals surface area contributed by atoms with E-state index in [9.17, 15) is 4.39 Å². The van der Waals surface area contributed by atoms with Gasteiger partial charge in [-0.2, -0.15) is 0 Å². The number of imidazole rings is 2. The van der Waals surface area contributed by atoms with E-state index in [0.29, 0.717) is 23.7 Å². The van der Waals surface area contributed by atoms with Gasteiger partial charge < -0.3 is 14.9 Å². The fourth-order valence-corrected chi connectivity index (χ4v) is 2.57. The summed E-state index contributed by atoms with van der Waals surface area (Å²) in [5, 5.41) is 3.17. The Kier molecular flexibility index (Phi) is 3.42.